The minimum absolute atomic E-state index is 0.0605. The molecule has 0 aliphatic carbocycles. The van der Waals surface area contributed by atoms with E-state index in [9.17, 15) is 4.79 Å². The van der Waals surface area contributed by atoms with Crippen LogP contribution in [0.1, 0.15) is 57.1 Å². The molecule has 0 saturated carbocycles. The minimum atomic E-state index is -0.121. The standard InChI is InChI=1S/C16H23ClN2O/c1-15(2,3)12-8-11(9-13(17)18-12)14(20)19-7-6-16(4,5)10-19/h8-9H,6-7,10H2,1-5H3. The molecule has 1 aliphatic rings. The third-order valence-electron chi connectivity index (χ3n) is 3.77. The first-order valence-electron chi connectivity index (χ1n) is 7.06. The van der Waals surface area contributed by atoms with Gasteiger partial charge in [-0.2, -0.15) is 0 Å². The number of carbonyl (C=O) groups is 1. The fourth-order valence-corrected chi connectivity index (χ4v) is 2.68. The van der Waals surface area contributed by atoms with E-state index in [0.717, 1.165) is 25.2 Å². The van der Waals surface area contributed by atoms with Crippen molar-refractivity contribution in [3.05, 3.63) is 28.5 Å². The normalized spacial score (nSPS) is 18.4. The number of halogens is 1. The van der Waals surface area contributed by atoms with Crippen molar-refractivity contribution in [3.8, 4) is 0 Å². The van der Waals surface area contributed by atoms with E-state index in [2.05, 4.69) is 39.6 Å². The number of carbonyl (C=O) groups excluding carboxylic acids is 1. The average Bonchev–Trinajstić information content (AvgIpc) is 2.67. The molecule has 0 radical (unpaired) electrons. The maximum atomic E-state index is 12.6. The number of amides is 1. The van der Waals surface area contributed by atoms with Crippen LogP contribution in [0.5, 0.6) is 0 Å². The average molecular weight is 295 g/mol. The lowest BCUT2D eigenvalue weighted by Crippen LogP contribution is -2.30. The van der Waals surface area contributed by atoms with Gasteiger partial charge in [0.05, 0.1) is 0 Å². The van der Waals surface area contributed by atoms with Crippen LogP contribution in [0.15, 0.2) is 12.1 Å². The summed E-state index contributed by atoms with van der Waals surface area (Å²) in [7, 11) is 0. The maximum Gasteiger partial charge on any atom is 0.254 e. The van der Waals surface area contributed by atoms with Crippen molar-refractivity contribution in [2.45, 2.75) is 46.5 Å². The lowest BCUT2D eigenvalue weighted by molar-refractivity contribution is 0.0778. The Balaban J connectivity index is 2.29. The molecule has 110 valence electrons. The minimum Gasteiger partial charge on any atom is -0.338 e. The van der Waals surface area contributed by atoms with Gasteiger partial charge in [0.1, 0.15) is 5.15 Å². The molecule has 1 aliphatic heterocycles. The van der Waals surface area contributed by atoms with Crippen molar-refractivity contribution in [1.82, 2.24) is 9.88 Å². The monoisotopic (exact) mass is 294 g/mol. The molecule has 2 heterocycles. The highest BCUT2D eigenvalue weighted by atomic mass is 35.5. The van der Waals surface area contributed by atoms with E-state index in [1.807, 2.05) is 11.0 Å². The Morgan fingerprint density at radius 3 is 2.50 bits per heavy atom. The van der Waals surface area contributed by atoms with Crippen LogP contribution >= 0.6 is 11.6 Å². The molecule has 1 aromatic rings. The maximum absolute atomic E-state index is 12.6. The molecule has 1 saturated heterocycles. The van der Waals surface area contributed by atoms with Gasteiger partial charge >= 0.3 is 0 Å². The van der Waals surface area contributed by atoms with Crippen molar-refractivity contribution in [3.63, 3.8) is 0 Å². The lowest BCUT2D eigenvalue weighted by Gasteiger charge is -2.22. The highest BCUT2D eigenvalue weighted by Crippen LogP contribution is 2.30. The summed E-state index contributed by atoms with van der Waals surface area (Å²) in [6.45, 7) is 12.2. The lowest BCUT2D eigenvalue weighted by atomic mass is 9.90. The first kappa shape index (κ1) is 15.3. The summed E-state index contributed by atoms with van der Waals surface area (Å²) in [5.74, 6) is 0.0605. The molecule has 0 N–H and O–H groups in total. The van der Waals surface area contributed by atoms with Crippen LogP contribution in [0, 0.1) is 5.41 Å². The summed E-state index contributed by atoms with van der Waals surface area (Å²) >= 11 is 6.08. The summed E-state index contributed by atoms with van der Waals surface area (Å²) in [5.41, 5.74) is 1.59. The Labute approximate surface area is 126 Å². The van der Waals surface area contributed by atoms with Gasteiger partial charge in [-0.15, -0.1) is 0 Å². The summed E-state index contributed by atoms with van der Waals surface area (Å²) < 4.78 is 0. The van der Waals surface area contributed by atoms with Gasteiger partial charge in [-0.3, -0.25) is 4.79 Å². The van der Waals surface area contributed by atoms with Crippen molar-refractivity contribution >= 4 is 17.5 Å². The fourth-order valence-electron chi connectivity index (χ4n) is 2.47. The Bertz CT molecular complexity index is 532. The summed E-state index contributed by atoms with van der Waals surface area (Å²) in [5, 5.41) is 0.388. The van der Waals surface area contributed by atoms with Gasteiger partial charge in [-0.25, -0.2) is 4.98 Å². The van der Waals surface area contributed by atoms with Crippen molar-refractivity contribution < 1.29 is 4.79 Å². The fraction of sp³-hybridized carbons (Fsp3) is 0.625. The Hall–Kier alpha value is -1.09. The number of aromatic nitrogens is 1. The third kappa shape index (κ3) is 3.32. The van der Waals surface area contributed by atoms with Crippen LogP contribution in [0.25, 0.3) is 0 Å². The molecule has 1 amide bonds. The van der Waals surface area contributed by atoms with E-state index < -0.39 is 0 Å². The zero-order valence-electron chi connectivity index (χ0n) is 13.0. The van der Waals surface area contributed by atoms with Gasteiger partial charge in [0, 0.05) is 29.8 Å². The van der Waals surface area contributed by atoms with Gasteiger partial charge in [-0.1, -0.05) is 46.2 Å². The molecule has 2 rings (SSSR count). The molecule has 0 aromatic carbocycles. The number of pyridine rings is 1. The van der Waals surface area contributed by atoms with Gasteiger partial charge in [-0.05, 0) is 24.0 Å². The van der Waals surface area contributed by atoms with Crippen LogP contribution in [-0.4, -0.2) is 28.9 Å². The topological polar surface area (TPSA) is 33.2 Å². The van der Waals surface area contributed by atoms with Crippen LogP contribution in [-0.2, 0) is 5.41 Å². The molecular formula is C16H23ClN2O. The van der Waals surface area contributed by atoms with E-state index in [-0.39, 0.29) is 16.7 Å². The zero-order chi connectivity index (χ0) is 15.1. The molecule has 4 heteroatoms. The van der Waals surface area contributed by atoms with E-state index >= 15 is 0 Å². The predicted molar refractivity (Wildman–Crippen MR) is 82.2 cm³/mol. The third-order valence-corrected chi connectivity index (χ3v) is 3.97. The quantitative estimate of drug-likeness (QED) is 0.736. The van der Waals surface area contributed by atoms with Gasteiger partial charge < -0.3 is 4.90 Å². The van der Waals surface area contributed by atoms with Crippen LogP contribution in [0.4, 0.5) is 0 Å². The Kier molecular flexibility index (Phi) is 3.85. The SMILES string of the molecule is CC1(C)CCN(C(=O)c2cc(Cl)nc(C(C)(C)C)c2)C1. The zero-order valence-corrected chi connectivity index (χ0v) is 13.7. The highest BCUT2D eigenvalue weighted by Gasteiger charge is 2.33. The molecule has 0 spiro atoms. The second kappa shape index (κ2) is 5.03. The van der Waals surface area contributed by atoms with E-state index in [0.29, 0.717) is 10.7 Å². The number of hydrogen-bond donors (Lipinski definition) is 0. The van der Waals surface area contributed by atoms with Crippen LogP contribution in [0.2, 0.25) is 5.15 Å². The molecule has 1 aromatic heterocycles. The summed E-state index contributed by atoms with van der Waals surface area (Å²) in [6.07, 6.45) is 1.05. The summed E-state index contributed by atoms with van der Waals surface area (Å²) in [4.78, 5) is 18.9. The van der Waals surface area contributed by atoms with Crippen LogP contribution < -0.4 is 0 Å². The van der Waals surface area contributed by atoms with E-state index in [1.165, 1.54) is 0 Å². The Morgan fingerprint density at radius 1 is 1.35 bits per heavy atom. The van der Waals surface area contributed by atoms with Crippen molar-refractivity contribution in [2.24, 2.45) is 5.41 Å². The number of nitrogens with zero attached hydrogens (tertiary/aromatic N) is 2. The number of rotatable bonds is 1. The largest absolute Gasteiger partial charge is 0.338 e. The number of likely N-dealkylation sites (tertiary alicyclic amines) is 1. The molecule has 1 fully saturated rings. The molecule has 0 atom stereocenters. The Morgan fingerprint density at radius 2 is 2.00 bits per heavy atom. The van der Waals surface area contributed by atoms with Gasteiger partial charge in [0.2, 0.25) is 0 Å². The second-order valence-corrected chi connectivity index (χ2v) is 7.84. The molecular weight excluding hydrogens is 272 g/mol. The second-order valence-electron chi connectivity index (χ2n) is 7.45. The molecule has 0 unspecified atom stereocenters. The highest BCUT2D eigenvalue weighted by molar-refractivity contribution is 6.29. The van der Waals surface area contributed by atoms with E-state index in [1.54, 1.807) is 6.07 Å². The first-order valence-corrected chi connectivity index (χ1v) is 7.44. The number of hydrogen-bond acceptors (Lipinski definition) is 2. The molecule has 20 heavy (non-hydrogen) atoms. The predicted octanol–water partition coefficient (Wildman–Crippen LogP) is 3.90. The summed E-state index contributed by atoms with van der Waals surface area (Å²) in [6, 6.07) is 3.55. The van der Waals surface area contributed by atoms with Gasteiger partial charge in [0.25, 0.3) is 5.91 Å². The van der Waals surface area contributed by atoms with E-state index in [4.69, 9.17) is 11.6 Å². The van der Waals surface area contributed by atoms with Crippen molar-refractivity contribution in [1.29, 1.82) is 0 Å². The molecule has 0 bridgehead atoms. The van der Waals surface area contributed by atoms with Gasteiger partial charge in [0.15, 0.2) is 0 Å². The smallest absolute Gasteiger partial charge is 0.254 e. The van der Waals surface area contributed by atoms with Crippen molar-refractivity contribution in [2.75, 3.05) is 13.1 Å². The molecule has 3 nitrogen and oxygen atoms in total. The first-order chi connectivity index (χ1) is 9.08. The van der Waals surface area contributed by atoms with Crippen LogP contribution in [0.3, 0.4) is 0 Å².